The highest BCUT2D eigenvalue weighted by molar-refractivity contribution is 7.22. The van der Waals surface area contributed by atoms with Gasteiger partial charge in [0.15, 0.2) is 0 Å². The summed E-state index contributed by atoms with van der Waals surface area (Å²) in [5.41, 5.74) is 7.73. The summed E-state index contributed by atoms with van der Waals surface area (Å²) in [5.74, 6) is 0.767. The van der Waals surface area contributed by atoms with Crippen molar-refractivity contribution in [1.29, 1.82) is 0 Å². The van der Waals surface area contributed by atoms with Crippen LogP contribution in [0, 0.1) is 0 Å². The summed E-state index contributed by atoms with van der Waals surface area (Å²) in [7, 11) is 0. The van der Waals surface area contributed by atoms with Crippen molar-refractivity contribution in [3.05, 3.63) is 48.5 Å². The molecule has 0 aliphatic carbocycles. The maximum absolute atomic E-state index is 5.83. The number of benzene rings is 2. The largest absolute Gasteiger partial charge is 0.474 e. The van der Waals surface area contributed by atoms with Crippen LogP contribution in [0.3, 0.4) is 0 Å². The van der Waals surface area contributed by atoms with Gasteiger partial charge in [0.2, 0.25) is 11.8 Å². The molecule has 0 radical (unpaired) electrons. The number of ether oxygens (including phenoxy) is 1. The van der Waals surface area contributed by atoms with E-state index in [0.29, 0.717) is 5.88 Å². The first-order chi connectivity index (χ1) is 11.6. The number of hydrogen-bond donors (Lipinski definition) is 1. The normalized spacial score (nSPS) is 11.5. The molecular weight excluding hydrogens is 318 g/mol. The molecule has 0 amide bonds. The van der Waals surface area contributed by atoms with Crippen LogP contribution >= 0.6 is 11.3 Å². The molecule has 0 spiro atoms. The number of nitrogens with zero attached hydrogens (tertiary/aromatic N) is 2. The second-order valence-corrected chi connectivity index (χ2v) is 7.02. The molecule has 0 bridgehead atoms. The minimum atomic E-state index is 0.0236. The van der Waals surface area contributed by atoms with Crippen molar-refractivity contribution in [2.45, 2.75) is 20.0 Å². The van der Waals surface area contributed by atoms with E-state index < -0.39 is 0 Å². The molecule has 0 atom stereocenters. The molecule has 0 unspecified atom stereocenters. The second kappa shape index (κ2) is 5.76. The average Bonchev–Trinajstić information content (AvgIpc) is 2.98. The molecule has 2 N–H and O–H groups in total. The van der Waals surface area contributed by atoms with Crippen molar-refractivity contribution >= 4 is 38.3 Å². The van der Waals surface area contributed by atoms with Gasteiger partial charge >= 0.3 is 0 Å². The van der Waals surface area contributed by atoms with Crippen molar-refractivity contribution in [1.82, 2.24) is 9.97 Å². The third-order valence-electron chi connectivity index (χ3n) is 3.74. The van der Waals surface area contributed by atoms with Gasteiger partial charge in [-0.15, -0.1) is 11.3 Å². The average molecular weight is 335 g/mol. The van der Waals surface area contributed by atoms with E-state index in [9.17, 15) is 0 Å². The third kappa shape index (κ3) is 2.67. The quantitative estimate of drug-likeness (QED) is 0.579. The van der Waals surface area contributed by atoms with Gasteiger partial charge in [-0.25, -0.2) is 4.98 Å². The van der Waals surface area contributed by atoms with Crippen LogP contribution in [0.25, 0.3) is 31.4 Å². The molecule has 24 heavy (non-hydrogen) atoms. The minimum Gasteiger partial charge on any atom is -0.474 e. The summed E-state index contributed by atoms with van der Waals surface area (Å²) in [6.07, 6.45) is 0.0236. The fraction of sp³-hybridized carbons (Fsp3) is 0.158. The number of anilines is 1. The zero-order valence-corrected chi connectivity index (χ0v) is 14.3. The lowest BCUT2D eigenvalue weighted by Crippen LogP contribution is -2.09. The fourth-order valence-electron chi connectivity index (χ4n) is 2.71. The van der Waals surface area contributed by atoms with Gasteiger partial charge < -0.3 is 10.5 Å². The Morgan fingerprint density at radius 2 is 1.88 bits per heavy atom. The summed E-state index contributed by atoms with van der Waals surface area (Å²) in [4.78, 5) is 9.79. The Bertz CT molecular complexity index is 1010. The summed E-state index contributed by atoms with van der Waals surface area (Å²) in [6.45, 7) is 3.94. The van der Waals surface area contributed by atoms with E-state index in [1.54, 1.807) is 11.3 Å². The minimum absolute atomic E-state index is 0.0236. The highest BCUT2D eigenvalue weighted by Crippen LogP contribution is 2.36. The topological polar surface area (TPSA) is 61.0 Å². The molecule has 0 saturated heterocycles. The molecule has 4 rings (SSSR count). The van der Waals surface area contributed by atoms with Gasteiger partial charge in [-0.2, -0.15) is 4.98 Å². The molecule has 5 heteroatoms. The SMILES string of the molecule is CC(C)Oc1nc(N)nc2ccc(-c3cc4ccccc4s3)cc12. The molecular formula is C19H17N3OS. The predicted molar refractivity (Wildman–Crippen MR) is 101 cm³/mol. The zero-order chi connectivity index (χ0) is 16.7. The zero-order valence-electron chi connectivity index (χ0n) is 13.5. The Labute approximate surface area is 143 Å². The van der Waals surface area contributed by atoms with Crippen molar-refractivity contribution in [2.75, 3.05) is 5.73 Å². The monoisotopic (exact) mass is 335 g/mol. The molecule has 4 nitrogen and oxygen atoms in total. The summed E-state index contributed by atoms with van der Waals surface area (Å²) in [6, 6.07) is 16.7. The summed E-state index contributed by atoms with van der Waals surface area (Å²) < 4.78 is 7.11. The van der Waals surface area contributed by atoms with E-state index in [0.717, 1.165) is 16.5 Å². The van der Waals surface area contributed by atoms with Crippen molar-refractivity contribution in [2.24, 2.45) is 0 Å². The Balaban J connectivity index is 1.89. The first-order valence-corrected chi connectivity index (χ1v) is 8.65. The lowest BCUT2D eigenvalue weighted by atomic mass is 10.1. The van der Waals surface area contributed by atoms with Crippen molar-refractivity contribution < 1.29 is 4.74 Å². The Morgan fingerprint density at radius 3 is 2.67 bits per heavy atom. The van der Waals surface area contributed by atoms with Gasteiger partial charge in [0.1, 0.15) is 0 Å². The lowest BCUT2D eigenvalue weighted by Gasteiger charge is -2.12. The fourth-order valence-corrected chi connectivity index (χ4v) is 3.77. The van der Waals surface area contributed by atoms with Crippen LogP contribution < -0.4 is 10.5 Å². The van der Waals surface area contributed by atoms with Crippen molar-refractivity contribution in [3.8, 4) is 16.3 Å². The van der Waals surface area contributed by atoms with Crippen LogP contribution in [0.4, 0.5) is 5.95 Å². The van der Waals surface area contributed by atoms with Gasteiger partial charge in [0.05, 0.1) is 17.0 Å². The van der Waals surface area contributed by atoms with Gasteiger partial charge in [0, 0.05) is 9.58 Å². The third-order valence-corrected chi connectivity index (χ3v) is 4.90. The van der Waals surface area contributed by atoms with Gasteiger partial charge in [0.25, 0.3) is 0 Å². The standard InChI is InChI=1S/C19H17N3OS/c1-11(2)23-18-14-9-13(7-8-15(14)21-19(20)22-18)17-10-12-5-3-4-6-16(12)24-17/h3-11H,1-2H3,(H2,20,21,22). The van der Waals surface area contributed by atoms with Crippen LogP contribution in [0.1, 0.15) is 13.8 Å². The first-order valence-electron chi connectivity index (χ1n) is 7.83. The second-order valence-electron chi connectivity index (χ2n) is 5.93. The van der Waals surface area contributed by atoms with Crippen LogP contribution in [0.5, 0.6) is 5.88 Å². The van der Waals surface area contributed by atoms with E-state index in [4.69, 9.17) is 10.5 Å². The smallest absolute Gasteiger partial charge is 0.226 e. The molecule has 0 saturated carbocycles. The maximum atomic E-state index is 5.83. The Morgan fingerprint density at radius 1 is 1.04 bits per heavy atom. The van der Waals surface area contributed by atoms with E-state index in [2.05, 4.69) is 52.4 Å². The van der Waals surface area contributed by atoms with Gasteiger partial charge in [-0.1, -0.05) is 24.3 Å². The number of fused-ring (bicyclic) bond motifs is 2. The number of nitrogen functional groups attached to an aromatic ring is 1. The van der Waals surface area contributed by atoms with E-state index in [1.165, 1.54) is 15.0 Å². The number of nitrogens with two attached hydrogens (primary N) is 1. The lowest BCUT2D eigenvalue weighted by molar-refractivity contribution is 0.236. The van der Waals surface area contributed by atoms with Crippen LogP contribution in [-0.2, 0) is 0 Å². The molecule has 0 fully saturated rings. The van der Waals surface area contributed by atoms with Gasteiger partial charge in [-0.3, -0.25) is 0 Å². The molecule has 0 aliphatic heterocycles. The number of aromatic nitrogens is 2. The van der Waals surface area contributed by atoms with E-state index in [1.807, 2.05) is 19.9 Å². The first kappa shape index (κ1) is 14.9. The van der Waals surface area contributed by atoms with Crippen molar-refractivity contribution in [3.63, 3.8) is 0 Å². The Kier molecular flexibility index (Phi) is 3.58. The molecule has 120 valence electrons. The van der Waals surface area contributed by atoms with Gasteiger partial charge in [-0.05, 0) is 49.1 Å². The molecule has 4 aromatic rings. The molecule has 2 heterocycles. The van der Waals surface area contributed by atoms with E-state index in [-0.39, 0.29) is 12.1 Å². The van der Waals surface area contributed by atoms with Crippen LogP contribution in [0.15, 0.2) is 48.5 Å². The highest BCUT2D eigenvalue weighted by Gasteiger charge is 2.12. The number of hydrogen-bond acceptors (Lipinski definition) is 5. The molecule has 0 aliphatic rings. The number of rotatable bonds is 3. The van der Waals surface area contributed by atoms with Crippen LogP contribution in [0.2, 0.25) is 0 Å². The molecule has 2 aromatic carbocycles. The van der Waals surface area contributed by atoms with Crippen LogP contribution in [-0.4, -0.2) is 16.1 Å². The maximum Gasteiger partial charge on any atom is 0.226 e. The molecule has 2 aromatic heterocycles. The number of thiophene rings is 1. The Hall–Kier alpha value is -2.66. The van der Waals surface area contributed by atoms with E-state index >= 15 is 0 Å². The summed E-state index contributed by atoms with van der Waals surface area (Å²) in [5, 5.41) is 2.14. The highest BCUT2D eigenvalue weighted by atomic mass is 32.1. The summed E-state index contributed by atoms with van der Waals surface area (Å²) >= 11 is 1.78. The predicted octanol–water partition coefficient (Wildman–Crippen LogP) is 4.88.